The van der Waals surface area contributed by atoms with Crippen LogP contribution in [0.15, 0.2) is 0 Å². The molecule has 0 radical (unpaired) electrons. The van der Waals surface area contributed by atoms with Crippen LogP contribution in [-0.2, 0) is 9.24 Å². The lowest BCUT2D eigenvalue weighted by Crippen LogP contribution is -2.29. The van der Waals surface area contributed by atoms with E-state index in [1.165, 1.54) is 4.31 Å². The van der Waals surface area contributed by atoms with E-state index >= 15 is 0 Å². The molecule has 0 aliphatic rings. The summed E-state index contributed by atoms with van der Waals surface area (Å²) < 4.78 is 23.4. The first-order valence-corrected chi connectivity index (χ1v) is 6.98. The summed E-state index contributed by atoms with van der Waals surface area (Å²) in [5.74, 6) is 0. The average molecular weight is 228 g/mol. The van der Waals surface area contributed by atoms with Gasteiger partial charge >= 0.3 is 0 Å². The second kappa shape index (κ2) is 6.62. The van der Waals surface area contributed by atoms with Crippen LogP contribution in [0.1, 0.15) is 39.5 Å². The zero-order chi connectivity index (χ0) is 10.3. The molecule has 80 valence electrons. The van der Waals surface area contributed by atoms with Gasteiger partial charge in [0.1, 0.15) is 0 Å². The van der Waals surface area contributed by atoms with Crippen molar-refractivity contribution < 1.29 is 8.42 Å². The first-order valence-electron chi connectivity index (χ1n) is 4.72. The van der Waals surface area contributed by atoms with Gasteiger partial charge in [0.2, 0.25) is 0 Å². The minimum Gasteiger partial charge on any atom is -0.195 e. The molecule has 0 amide bonds. The normalized spacial score (nSPS) is 12.3. The lowest BCUT2D eigenvalue weighted by molar-refractivity contribution is 0.404. The summed E-state index contributed by atoms with van der Waals surface area (Å²) in [5, 5.41) is 0. The molecule has 0 aromatic rings. The molecule has 0 unspecified atom stereocenters. The van der Waals surface area contributed by atoms with E-state index in [9.17, 15) is 8.42 Å². The number of hydrogen-bond donors (Lipinski definition) is 0. The lowest BCUT2D eigenvalue weighted by atomic mass is 10.3. The highest BCUT2D eigenvalue weighted by Gasteiger charge is 2.16. The van der Waals surface area contributed by atoms with E-state index in [0.29, 0.717) is 13.1 Å². The lowest BCUT2D eigenvalue weighted by Gasteiger charge is -2.17. The Labute approximate surface area is 85.6 Å². The van der Waals surface area contributed by atoms with Crippen LogP contribution in [0, 0.1) is 0 Å². The molecular weight excluding hydrogens is 210 g/mol. The first-order chi connectivity index (χ1) is 6.02. The Bertz CT molecular complexity index is 208. The summed E-state index contributed by atoms with van der Waals surface area (Å²) in [6, 6.07) is 0. The average Bonchev–Trinajstić information content (AvgIpc) is 2.02. The number of rotatable bonds is 7. The Morgan fingerprint density at radius 1 is 1.08 bits per heavy atom. The summed E-state index contributed by atoms with van der Waals surface area (Å²) in [6.45, 7) is 5.14. The molecular formula is C8H18ClNO2S. The second-order valence-electron chi connectivity index (χ2n) is 3.05. The third kappa shape index (κ3) is 6.29. The van der Waals surface area contributed by atoms with E-state index in [0.717, 1.165) is 25.7 Å². The van der Waals surface area contributed by atoms with Crippen LogP contribution in [0.5, 0.6) is 0 Å². The van der Waals surface area contributed by atoms with Gasteiger partial charge in [0, 0.05) is 23.8 Å². The van der Waals surface area contributed by atoms with Crippen molar-refractivity contribution >= 4 is 19.9 Å². The fraction of sp³-hybridized carbons (Fsp3) is 1.00. The molecule has 0 spiro atoms. The zero-order valence-electron chi connectivity index (χ0n) is 8.29. The Morgan fingerprint density at radius 3 is 1.69 bits per heavy atom. The van der Waals surface area contributed by atoms with Crippen LogP contribution in [0.2, 0.25) is 0 Å². The van der Waals surface area contributed by atoms with Crippen molar-refractivity contribution in [3.8, 4) is 0 Å². The van der Waals surface area contributed by atoms with Gasteiger partial charge in [-0.3, -0.25) is 0 Å². The largest absolute Gasteiger partial charge is 0.299 e. The Balaban J connectivity index is 4.04. The molecule has 0 fully saturated rings. The molecule has 0 aliphatic heterocycles. The van der Waals surface area contributed by atoms with Gasteiger partial charge in [-0.15, -0.1) is 0 Å². The molecule has 0 aromatic heterocycles. The van der Waals surface area contributed by atoms with Crippen molar-refractivity contribution in [1.29, 1.82) is 0 Å². The Hall–Kier alpha value is 0.200. The first kappa shape index (κ1) is 13.2. The summed E-state index contributed by atoms with van der Waals surface area (Å²) in [5.41, 5.74) is 0. The summed E-state index contributed by atoms with van der Waals surface area (Å²) in [4.78, 5) is 0. The van der Waals surface area contributed by atoms with Crippen LogP contribution < -0.4 is 0 Å². The molecule has 3 nitrogen and oxygen atoms in total. The minimum absolute atomic E-state index is 0.544. The minimum atomic E-state index is -3.50. The molecule has 0 N–H and O–H groups in total. The topological polar surface area (TPSA) is 37.4 Å². The second-order valence-corrected chi connectivity index (χ2v) is 5.56. The van der Waals surface area contributed by atoms with Crippen molar-refractivity contribution in [2.45, 2.75) is 39.5 Å². The third-order valence-corrected chi connectivity index (χ3v) is 3.40. The quantitative estimate of drug-likeness (QED) is 0.627. The fourth-order valence-corrected chi connectivity index (χ4v) is 2.11. The van der Waals surface area contributed by atoms with Crippen LogP contribution in [-0.4, -0.2) is 25.8 Å². The summed E-state index contributed by atoms with van der Waals surface area (Å²) >= 11 is 0. The van der Waals surface area contributed by atoms with Gasteiger partial charge in [-0.1, -0.05) is 26.7 Å². The standard InChI is InChI=1S/C8H18ClNO2S/c1-3-5-7-10(8-6-4-2)13(9,11)12/h3-8H2,1-2H3. The van der Waals surface area contributed by atoms with E-state index in [2.05, 4.69) is 0 Å². The van der Waals surface area contributed by atoms with Crippen molar-refractivity contribution in [2.75, 3.05) is 13.1 Å². The van der Waals surface area contributed by atoms with Crippen LogP contribution >= 0.6 is 10.7 Å². The number of hydrogen-bond acceptors (Lipinski definition) is 2. The maximum absolute atomic E-state index is 11.0. The summed E-state index contributed by atoms with van der Waals surface area (Å²) in [6.07, 6.45) is 3.70. The molecule has 0 atom stereocenters. The van der Waals surface area contributed by atoms with Gasteiger partial charge in [0.25, 0.3) is 9.24 Å². The van der Waals surface area contributed by atoms with E-state index in [-0.39, 0.29) is 0 Å². The van der Waals surface area contributed by atoms with Gasteiger partial charge in [-0.2, -0.15) is 12.7 Å². The van der Waals surface area contributed by atoms with E-state index < -0.39 is 9.24 Å². The van der Waals surface area contributed by atoms with Crippen molar-refractivity contribution in [3.63, 3.8) is 0 Å². The molecule has 0 rings (SSSR count). The molecule has 13 heavy (non-hydrogen) atoms. The van der Waals surface area contributed by atoms with Gasteiger partial charge in [-0.25, -0.2) is 0 Å². The van der Waals surface area contributed by atoms with Crippen LogP contribution in [0.4, 0.5) is 0 Å². The highest BCUT2D eigenvalue weighted by atomic mass is 35.7. The van der Waals surface area contributed by atoms with Crippen LogP contribution in [0.25, 0.3) is 0 Å². The maximum Gasteiger partial charge on any atom is 0.299 e. The Kier molecular flexibility index (Phi) is 6.73. The highest BCUT2D eigenvalue weighted by Crippen LogP contribution is 2.09. The van der Waals surface area contributed by atoms with E-state index in [1.54, 1.807) is 0 Å². The zero-order valence-corrected chi connectivity index (χ0v) is 9.86. The van der Waals surface area contributed by atoms with Gasteiger partial charge < -0.3 is 0 Å². The predicted molar refractivity (Wildman–Crippen MR) is 56.2 cm³/mol. The SMILES string of the molecule is CCCCN(CCCC)S(=O)(=O)Cl. The highest BCUT2D eigenvalue weighted by molar-refractivity contribution is 8.11. The van der Waals surface area contributed by atoms with Gasteiger partial charge in [0.15, 0.2) is 0 Å². The number of nitrogens with zero attached hydrogens (tertiary/aromatic N) is 1. The van der Waals surface area contributed by atoms with E-state index in [1.807, 2.05) is 13.8 Å². The Morgan fingerprint density at radius 2 is 1.46 bits per heavy atom. The van der Waals surface area contributed by atoms with Crippen molar-refractivity contribution in [2.24, 2.45) is 0 Å². The predicted octanol–water partition coefficient (Wildman–Crippen LogP) is 2.37. The molecule has 5 heteroatoms. The van der Waals surface area contributed by atoms with Gasteiger partial charge in [0.05, 0.1) is 0 Å². The molecule has 0 aromatic carbocycles. The monoisotopic (exact) mass is 227 g/mol. The molecule has 0 aliphatic carbocycles. The van der Waals surface area contributed by atoms with Crippen molar-refractivity contribution in [3.05, 3.63) is 0 Å². The molecule has 0 bridgehead atoms. The summed E-state index contributed by atoms with van der Waals surface area (Å²) in [7, 11) is 1.76. The molecule has 0 saturated heterocycles. The molecule has 0 saturated carbocycles. The van der Waals surface area contributed by atoms with Crippen molar-refractivity contribution in [1.82, 2.24) is 4.31 Å². The smallest absolute Gasteiger partial charge is 0.195 e. The fourth-order valence-electron chi connectivity index (χ4n) is 0.999. The maximum atomic E-state index is 11.0. The number of unbranched alkanes of at least 4 members (excludes halogenated alkanes) is 2. The van der Waals surface area contributed by atoms with Gasteiger partial charge in [-0.05, 0) is 12.8 Å². The number of halogens is 1. The van der Waals surface area contributed by atoms with E-state index in [4.69, 9.17) is 10.7 Å². The molecule has 0 heterocycles. The van der Waals surface area contributed by atoms with Crippen LogP contribution in [0.3, 0.4) is 0 Å². The third-order valence-electron chi connectivity index (χ3n) is 1.83.